The number of carbonyl (C=O) groups is 2. The van der Waals surface area contributed by atoms with E-state index >= 15 is 0 Å². The van der Waals surface area contributed by atoms with Crippen molar-refractivity contribution in [3.63, 3.8) is 0 Å². The monoisotopic (exact) mass is 307 g/mol. The van der Waals surface area contributed by atoms with Gasteiger partial charge in [-0.3, -0.25) is 4.79 Å². The second kappa shape index (κ2) is 6.56. The lowest BCUT2D eigenvalue weighted by Crippen LogP contribution is -2.50. The fourth-order valence-corrected chi connectivity index (χ4v) is 1.78. The highest BCUT2D eigenvalue weighted by molar-refractivity contribution is 7.92. The van der Waals surface area contributed by atoms with Crippen molar-refractivity contribution in [3.8, 4) is 0 Å². The topological polar surface area (TPSA) is 89.5 Å². The number of ether oxygens (including phenoxy) is 1. The number of carbonyl (C=O) groups excluding carboxylic acids is 2. The molecular weight excluding hydrogens is 282 g/mol. The largest absolute Gasteiger partial charge is 0.458 e. The molecule has 0 aliphatic carbocycles. The van der Waals surface area contributed by atoms with E-state index < -0.39 is 38.6 Å². The SMILES string of the molecule is CC(C)[C@H](NC(=O)C(C)S(C)(=O)=O)C(=O)OC(C)(C)C. The summed E-state index contributed by atoms with van der Waals surface area (Å²) >= 11 is 0. The Labute approximate surface area is 121 Å². The van der Waals surface area contributed by atoms with Crippen LogP contribution in [-0.4, -0.2) is 43.4 Å². The molecule has 20 heavy (non-hydrogen) atoms. The highest BCUT2D eigenvalue weighted by Crippen LogP contribution is 2.13. The minimum atomic E-state index is -3.50. The molecule has 7 heteroatoms. The van der Waals surface area contributed by atoms with E-state index in [2.05, 4.69) is 5.32 Å². The first-order valence-corrected chi connectivity index (χ1v) is 8.43. The number of sulfone groups is 1. The van der Waals surface area contributed by atoms with E-state index in [0.29, 0.717) is 0 Å². The molecule has 0 aromatic carbocycles. The number of esters is 1. The van der Waals surface area contributed by atoms with Gasteiger partial charge in [0, 0.05) is 6.26 Å². The van der Waals surface area contributed by atoms with Gasteiger partial charge in [0.15, 0.2) is 9.84 Å². The molecular formula is C13H25NO5S. The third-order valence-electron chi connectivity index (χ3n) is 2.64. The molecule has 118 valence electrons. The fraction of sp³-hybridized carbons (Fsp3) is 0.846. The molecule has 0 bridgehead atoms. The molecule has 6 nitrogen and oxygen atoms in total. The van der Waals surface area contributed by atoms with Crippen molar-refractivity contribution in [3.05, 3.63) is 0 Å². The van der Waals surface area contributed by atoms with E-state index in [1.807, 2.05) is 0 Å². The highest BCUT2D eigenvalue weighted by Gasteiger charge is 2.32. The molecule has 0 aromatic rings. The lowest BCUT2D eigenvalue weighted by Gasteiger charge is -2.27. The van der Waals surface area contributed by atoms with E-state index in [-0.39, 0.29) is 5.92 Å². The minimum Gasteiger partial charge on any atom is -0.458 e. The molecule has 2 atom stereocenters. The summed E-state index contributed by atoms with van der Waals surface area (Å²) in [7, 11) is -3.50. The van der Waals surface area contributed by atoms with Crippen molar-refractivity contribution in [2.75, 3.05) is 6.26 Å². The molecule has 0 rings (SSSR count). The van der Waals surface area contributed by atoms with Crippen molar-refractivity contribution in [1.29, 1.82) is 0 Å². The second-order valence-corrected chi connectivity index (χ2v) is 8.60. The number of hydrogen-bond donors (Lipinski definition) is 1. The normalized spacial score (nSPS) is 15.6. The van der Waals surface area contributed by atoms with Gasteiger partial charge in [-0.25, -0.2) is 13.2 Å². The summed E-state index contributed by atoms with van der Waals surface area (Å²) in [5.41, 5.74) is -0.669. The number of rotatable bonds is 5. The van der Waals surface area contributed by atoms with Crippen LogP contribution < -0.4 is 5.32 Å². The second-order valence-electron chi connectivity index (χ2n) is 6.24. The molecule has 1 N–H and O–H groups in total. The van der Waals surface area contributed by atoms with Crippen molar-refractivity contribution in [1.82, 2.24) is 5.32 Å². The summed E-state index contributed by atoms with van der Waals surface area (Å²) in [6.45, 7) is 9.97. The van der Waals surface area contributed by atoms with Crippen LogP contribution in [0.2, 0.25) is 0 Å². The van der Waals surface area contributed by atoms with Gasteiger partial charge in [-0.1, -0.05) is 13.8 Å². The van der Waals surface area contributed by atoms with Gasteiger partial charge >= 0.3 is 5.97 Å². The summed E-state index contributed by atoms with van der Waals surface area (Å²) in [6.07, 6.45) is 0.981. The van der Waals surface area contributed by atoms with Gasteiger partial charge in [0.25, 0.3) is 0 Å². The zero-order chi connectivity index (χ0) is 16.3. The van der Waals surface area contributed by atoms with Crippen LogP contribution >= 0.6 is 0 Å². The summed E-state index contributed by atoms with van der Waals surface area (Å²) in [6, 6.07) is -0.870. The Bertz CT molecular complexity index is 462. The predicted molar refractivity (Wildman–Crippen MR) is 76.9 cm³/mol. The lowest BCUT2D eigenvalue weighted by atomic mass is 10.0. The summed E-state index contributed by atoms with van der Waals surface area (Å²) in [5, 5.41) is 1.25. The Balaban J connectivity index is 4.98. The van der Waals surface area contributed by atoms with Gasteiger partial charge in [0.1, 0.15) is 16.9 Å². The third-order valence-corrected chi connectivity index (χ3v) is 4.14. The Morgan fingerprint density at radius 3 is 1.85 bits per heavy atom. The molecule has 0 spiro atoms. The molecule has 0 radical (unpaired) electrons. The Hall–Kier alpha value is -1.11. The average Bonchev–Trinajstić information content (AvgIpc) is 2.19. The number of hydrogen-bond acceptors (Lipinski definition) is 5. The van der Waals surface area contributed by atoms with Crippen LogP contribution in [0.15, 0.2) is 0 Å². The smallest absolute Gasteiger partial charge is 0.329 e. The van der Waals surface area contributed by atoms with Gasteiger partial charge < -0.3 is 10.1 Å². The molecule has 0 saturated carbocycles. The van der Waals surface area contributed by atoms with Crippen molar-refractivity contribution < 1.29 is 22.7 Å². The van der Waals surface area contributed by atoms with Gasteiger partial charge in [-0.2, -0.15) is 0 Å². The Kier molecular flexibility index (Phi) is 6.20. The van der Waals surface area contributed by atoms with E-state index in [0.717, 1.165) is 6.26 Å². The van der Waals surface area contributed by atoms with E-state index in [4.69, 9.17) is 4.74 Å². The van der Waals surface area contributed by atoms with Gasteiger partial charge in [0.05, 0.1) is 0 Å². The minimum absolute atomic E-state index is 0.208. The molecule has 0 saturated heterocycles. The molecule has 0 aromatic heterocycles. The number of amides is 1. The third kappa shape index (κ3) is 6.36. The van der Waals surface area contributed by atoms with Crippen molar-refractivity contribution in [2.24, 2.45) is 5.92 Å². The van der Waals surface area contributed by atoms with Crippen LogP contribution in [-0.2, 0) is 24.2 Å². The summed E-state index contributed by atoms with van der Waals surface area (Å²) in [5.74, 6) is -1.47. The maximum Gasteiger partial charge on any atom is 0.329 e. The molecule has 1 unspecified atom stereocenters. The summed E-state index contributed by atoms with van der Waals surface area (Å²) in [4.78, 5) is 23.9. The maximum atomic E-state index is 12.0. The van der Waals surface area contributed by atoms with Crippen LogP contribution in [0.25, 0.3) is 0 Å². The maximum absolute atomic E-state index is 12.0. The van der Waals surface area contributed by atoms with Crippen LogP contribution in [0.1, 0.15) is 41.5 Å². The van der Waals surface area contributed by atoms with Crippen LogP contribution in [0.3, 0.4) is 0 Å². The molecule has 1 amide bonds. The zero-order valence-electron chi connectivity index (χ0n) is 13.2. The first kappa shape index (κ1) is 18.9. The average molecular weight is 307 g/mol. The Morgan fingerprint density at radius 1 is 1.10 bits per heavy atom. The van der Waals surface area contributed by atoms with Crippen molar-refractivity contribution in [2.45, 2.75) is 58.4 Å². The van der Waals surface area contributed by atoms with E-state index in [9.17, 15) is 18.0 Å². The highest BCUT2D eigenvalue weighted by atomic mass is 32.2. The molecule has 0 aliphatic heterocycles. The van der Waals surface area contributed by atoms with E-state index in [1.54, 1.807) is 34.6 Å². The predicted octanol–water partition coefficient (Wildman–Crippen LogP) is 0.902. The van der Waals surface area contributed by atoms with Crippen LogP contribution in [0, 0.1) is 5.92 Å². The molecule has 0 aliphatic rings. The Morgan fingerprint density at radius 2 is 1.55 bits per heavy atom. The van der Waals surface area contributed by atoms with Gasteiger partial charge in [0.2, 0.25) is 5.91 Å². The fourth-order valence-electron chi connectivity index (χ4n) is 1.33. The molecule has 0 fully saturated rings. The quantitative estimate of drug-likeness (QED) is 0.762. The zero-order valence-corrected chi connectivity index (χ0v) is 14.0. The summed E-state index contributed by atoms with van der Waals surface area (Å²) < 4.78 is 27.9. The van der Waals surface area contributed by atoms with Crippen LogP contribution in [0.4, 0.5) is 0 Å². The van der Waals surface area contributed by atoms with Gasteiger partial charge in [-0.15, -0.1) is 0 Å². The molecule has 0 heterocycles. The lowest BCUT2D eigenvalue weighted by molar-refractivity contribution is -0.159. The van der Waals surface area contributed by atoms with Crippen LogP contribution in [0.5, 0.6) is 0 Å². The first-order chi connectivity index (χ1) is 8.75. The van der Waals surface area contributed by atoms with Gasteiger partial charge in [-0.05, 0) is 33.6 Å². The van der Waals surface area contributed by atoms with E-state index in [1.165, 1.54) is 6.92 Å². The van der Waals surface area contributed by atoms with Crippen molar-refractivity contribution >= 4 is 21.7 Å². The standard InChI is InChI=1S/C13H25NO5S/c1-8(2)10(12(16)19-13(4,5)6)14-11(15)9(3)20(7,17)18/h8-10H,1-7H3,(H,14,15)/t9?,10-/m0/s1. The number of nitrogens with one attached hydrogen (secondary N) is 1. The first-order valence-electron chi connectivity index (χ1n) is 6.48.